The van der Waals surface area contributed by atoms with Crippen LogP contribution in [0, 0.1) is 0 Å². The Morgan fingerprint density at radius 1 is 0.745 bits per heavy atom. The van der Waals surface area contributed by atoms with Crippen LogP contribution in [0.25, 0.3) is 0 Å². The zero-order chi connectivity index (χ0) is 33.6. The summed E-state index contributed by atoms with van der Waals surface area (Å²) >= 11 is 0. The van der Waals surface area contributed by atoms with E-state index < -0.39 is 0 Å². The summed E-state index contributed by atoms with van der Waals surface area (Å²) in [4.78, 5) is 7.54. The van der Waals surface area contributed by atoms with E-state index in [1.165, 1.54) is 66.7 Å². The Hall–Kier alpha value is -3.60. The summed E-state index contributed by atoms with van der Waals surface area (Å²) in [6.45, 7) is 16.3. The van der Waals surface area contributed by atoms with E-state index in [2.05, 4.69) is 160 Å². The van der Waals surface area contributed by atoms with Crippen LogP contribution in [0.2, 0.25) is 0 Å². The van der Waals surface area contributed by atoms with E-state index in [-0.39, 0.29) is 10.8 Å². The second-order valence-corrected chi connectivity index (χ2v) is 14.9. The highest BCUT2D eigenvalue weighted by molar-refractivity contribution is 5.55. The Labute approximate surface area is 285 Å². The number of benzene rings is 4. The first-order valence-corrected chi connectivity index (χ1v) is 17.7. The molecule has 1 saturated heterocycles. The number of unbranched alkanes of at least 4 members (excludes halogenated alkanes) is 1. The zero-order valence-corrected chi connectivity index (χ0v) is 30.0. The van der Waals surface area contributed by atoms with E-state index in [1.54, 1.807) is 0 Å². The number of likely N-dealkylation sites (tertiary alicyclic amines) is 1. The molecular weight excluding hydrogens is 574 g/mol. The number of hydrogen-bond acceptors (Lipinski definition) is 4. The number of nitrogens with zero attached hydrogens (tertiary/aromatic N) is 3. The molecule has 1 aliphatic rings. The maximum Gasteiger partial charge on any atom is 0.124 e. The molecule has 4 aromatic carbocycles. The molecule has 0 radical (unpaired) electrons. The fourth-order valence-electron chi connectivity index (χ4n) is 7.49. The lowest BCUT2D eigenvalue weighted by molar-refractivity contribution is 0.159. The van der Waals surface area contributed by atoms with Crippen LogP contribution < -0.4 is 4.90 Å². The van der Waals surface area contributed by atoms with Gasteiger partial charge in [-0.05, 0) is 66.7 Å². The molecule has 1 aliphatic heterocycles. The van der Waals surface area contributed by atoms with Crippen molar-refractivity contribution in [3.05, 3.63) is 130 Å². The predicted octanol–water partition coefficient (Wildman–Crippen LogP) is 9.38. The molecule has 1 N–H and O–H groups in total. The minimum absolute atomic E-state index is 0.240. The smallest absolute Gasteiger partial charge is 0.124 e. The largest absolute Gasteiger partial charge is 0.507 e. The number of phenolic OH excluding ortho intramolecular Hbond substituents is 1. The van der Waals surface area contributed by atoms with Crippen LogP contribution in [0.3, 0.4) is 0 Å². The van der Waals surface area contributed by atoms with E-state index in [9.17, 15) is 5.11 Å². The molecule has 0 spiro atoms. The summed E-state index contributed by atoms with van der Waals surface area (Å²) in [5.41, 5.74) is 7.64. The van der Waals surface area contributed by atoms with Gasteiger partial charge < -0.3 is 10.0 Å². The van der Waals surface area contributed by atoms with Crippen LogP contribution in [-0.2, 0) is 23.9 Å². The number of phenols is 1. The van der Waals surface area contributed by atoms with Gasteiger partial charge in [0.1, 0.15) is 5.75 Å². The topological polar surface area (TPSA) is 30.0 Å². The summed E-state index contributed by atoms with van der Waals surface area (Å²) < 4.78 is 0. The molecule has 4 aromatic rings. The molecule has 1 heterocycles. The van der Waals surface area contributed by atoms with Crippen molar-refractivity contribution in [1.82, 2.24) is 9.80 Å². The Morgan fingerprint density at radius 3 is 1.98 bits per heavy atom. The Morgan fingerprint density at radius 2 is 1.34 bits per heavy atom. The van der Waals surface area contributed by atoms with E-state index in [1.807, 2.05) is 0 Å². The van der Waals surface area contributed by atoms with Crippen molar-refractivity contribution in [3.63, 3.8) is 0 Å². The SMILES string of the molecule is CCCCN1CCC[C@H]1CN(Cc1ccccc1N(C)C)Cc1cc(C(C)(C)c2ccccc2)cc(C(C)(C)c2ccccc2)c1O. The molecule has 0 aromatic heterocycles. The number of rotatable bonds is 14. The van der Waals surface area contributed by atoms with Gasteiger partial charge in [-0.15, -0.1) is 0 Å². The fraction of sp³-hybridized carbons (Fsp3) is 0.442. The number of hydrogen-bond donors (Lipinski definition) is 1. The second-order valence-electron chi connectivity index (χ2n) is 14.9. The van der Waals surface area contributed by atoms with Gasteiger partial charge in [0.05, 0.1) is 0 Å². The molecule has 1 atom stereocenters. The first kappa shape index (κ1) is 34.7. The van der Waals surface area contributed by atoms with Crippen molar-refractivity contribution in [3.8, 4) is 5.75 Å². The third-order valence-electron chi connectivity index (χ3n) is 10.6. The van der Waals surface area contributed by atoms with Crippen LogP contribution >= 0.6 is 0 Å². The molecule has 4 nitrogen and oxygen atoms in total. The lowest BCUT2D eigenvalue weighted by Gasteiger charge is -2.35. The van der Waals surface area contributed by atoms with E-state index in [0.717, 1.165) is 24.2 Å². The number of anilines is 1. The van der Waals surface area contributed by atoms with Crippen molar-refractivity contribution < 1.29 is 5.11 Å². The third kappa shape index (κ3) is 7.93. The van der Waals surface area contributed by atoms with Crippen molar-refractivity contribution in [2.45, 2.75) is 90.3 Å². The minimum Gasteiger partial charge on any atom is -0.507 e. The van der Waals surface area contributed by atoms with Crippen molar-refractivity contribution >= 4 is 5.69 Å². The van der Waals surface area contributed by atoms with Crippen LogP contribution in [0.15, 0.2) is 97.1 Å². The van der Waals surface area contributed by atoms with Gasteiger partial charge in [0, 0.05) is 67.4 Å². The summed E-state index contributed by atoms with van der Waals surface area (Å²) in [6, 6.07) is 35.3. The summed E-state index contributed by atoms with van der Waals surface area (Å²) in [6.07, 6.45) is 4.96. The van der Waals surface area contributed by atoms with Gasteiger partial charge in [0.15, 0.2) is 0 Å². The zero-order valence-electron chi connectivity index (χ0n) is 30.0. The van der Waals surface area contributed by atoms with Crippen molar-refractivity contribution in [1.29, 1.82) is 0 Å². The molecule has 250 valence electrons. The van der Waals surface area contributed by atoms with Gasteiger partial charge in [-0.1, -0.05) is 126 Å². The van der Waals surface area contributed by atoms with Gasteiger partial charge in [0.2, 0.25) is 0 Å². The summed E-state index contributed by atoms with van der Waals surface area (Å²) in [7, 11) is 4.26. The van der Waals surface area contributed by atoms with Gasteiger partial charge in [-0.2, -0.15) is 0 Å². The van der Waals surface area contributed by atoms with Crippen LogP contribution in [-0.4, -0.2) is 54.7 Å². The lowest BCUT2D eigenvalue weighted by atomic mass is 9.72. The Bertz CT molecular complexity index is 1580. The predicted molar refractivity (Wildman–Crippen MR) is 200 cm³/mol. The van der Waals surface area contributed by atoms with Crippen molar-refractivity contribution in [2.24, 2.45) is 0 Å². The molecular formula is C43H57N3O. The average Bonchev–Trinajstić information content (AvgIpc) is 3.51. The standard InChI is InChI=1S/C43H57N3O/c1-8-9-26-46-27-18-24-38(46)32-45(30-33-19-16-17-25-40(33)44(6)7)31-34-28-37(42(2,3)35-20-12-10-13-21-35)29-39(41(34)47)43(4,5)36-22-14-11-15-23-36/h10-17,19-23,25,28-29,38,47H,8-9,18,24,26-27,30-32H2,1-7H3/t38-/m0/s1. The lowest BCUT2D eigenvalue weighted by Crippen LogP contribution is -2.40. The number of para-hydroxylation sites is 1. The summed E-state index contributed by atoms with van der Waals surface area (Å²) in [5.74, 6) is 0.423. The van der Waals surface area contributed by atoms with Crippen LogP contribution in [0.1, 0.15) is 93.7 Å². The molecule has 0 bridgehead atoms. The summed E-state index contributed by atoms with van der Waals surface area (Å²) in [5, 5.41) is 12.3. The molecule has 5 rings (SSSR count). The number of aromatic hydroxyl groups is 1. The van der Waals surface area contributed by atoms with E-state index >= 15 is 0 Å². The van der Waals surface area contributed by atoms with Crippen LogP contribution in [0.4, 0.5) is 5.69 Å². The highest BCUT2D eigenvalue weighted by atomic mass is 16.3. The maximum atomic E-state index is 12.3. The highest BCUT2D eigenvalue weighted by Crippen LogP contribution is 2.43. The van der Waals surface area contributed by atoms with Gasteiger partial charge in [-0.25, -0.2) is 0 Å². The molecule has 47 heavy (non-hydrogen) atoms. The monoisotopic (exact) mass is 631 g/mol. The van der Waals surface area contributed by atoms with Gasteiger partial charge in [0.25, 0.3) is 0 Å². The molecule has 0 saturated carbocycles. The molecule has 1 fully saturated rings. The first-order valence-electron chi connectivity index (χ1n) is 17.7. The Balaban J connectivity index is 1.61. The minimum atomic E-state index is -0.381. The Kier molecular flexibility index (Phi) is 11.1. The molecule has 0 amide bonds. The van der Waals surface area contributed by atoms with Crippen LogP contribution in [0.5, 0.6) is 5.75 Å². The molecule has 0 unspecified atom stereocenters. The molecule has 0 aliphatic carbocycles. The van der Waals surface area contributed by atoms with E-state index in [0.29, 0.717) is 18.3 Å². The normalized spacial score (nSPS) is 15.8. The average molecular weight is 632 g/mol. The highest BCUT2D eigenvalue weighted by Gasteiger charge is 2.33. The molecule has 4 heteroatoms. The third-order valence-corrected chi connectivity index (χ3v) is 10.6. The van der Waals surface area contributed by atoms with E-state index in [4.69, 9.17) is 0 Å². The quantitative estimate of drug-likeness (QED) is 0.150. The maximum absolute atomic E-state index is 12.3. The van der Waals surface area contributed by atoms with Crippen molar-refractivity contribution in [2.75, 3.05) is 38.6 Å². The van der Waals surface area contributed by atoms with Gasteiger partial charge >= 0.3 is 0 Å². The fourth-order valence-corrected chi connectivity index (χ4v) is 7.49. The second kappa shape index (κ2) is 15.1. The first-order chi connectivity index (χ1) is 22.5. The van der Waals surface area contributed by atoms with Gasteiger partial charge in [-0.3, -0.25) is 9.80 Å².